The van der Waals surface area contributed by atoms with Crippen LogP contribution < -0.4 is 5.32 Å². The van der Waals surface area contributed by atoms with Crippen LogP contribution in [0.15, 0.2) is 30.3 Å². The molecule has 2 aromatic carbocycles. The molecular weight excluding hydrogens is 362 g/mol. The number of hydrogen-bond donors (Lipinski definition) is 3. The second kappa shape index (κ2) is 7.47. The third-order valence-electron chi connectivity index (χ3n) is 3.68. The van der Waals surface area contributed by atoms with E-state index in [4.69, 9.17) is 5.11 Å². The van der Waals surface area contributed by atoms with E-state index in [0.29, 0.717) is 0 Å². The zero-order chi connectivity index (χ0) is 20.3. The fraction of sp³-hybridized carbons (Fsp3) is 0.125. The predicted molar refractivity (Wildman–Crippen MR) is 91.9 cm³/mol. The lowest BCUT2D eigenvalue weighted by atomic mass is 10.0. The number of carboxylic acid groups (broad SMARTS) is 1. The molecule has 0 bridgehead atoms. The van der Waals surface area contributed by atoms with Gasteiger partial charge in [0.2, 0.25) is 0 Å². The fourth-order valence-corrected chi connectivity index (χ4v) is 2.37. The van der Waals surface area contributed by atoms with Crippen LogP contribution in [0.3, 0.4) is 0 Å². The van der Waals surface area contributed by atoms with Gasteiger partial charge in [0.15, 0.2) is 0 Å². The van der Waals surface area contributed by atoms with Gasteiger partial charge in [0.1, 0.15) is 5.75 Å². The van der Waals surface area contributed by atoms with E-state index in [0.717, 1.165) is 12.1 Å². The molecule has 0 saturated carbocycles. The summed E-state index contributed by atoms with van der Waals surface area (Å²) in [4.78, 5) is 43.6. The highest BCUT2D eigenvalue weighted by Crippen LogP contribution is 2.30. The average molecular weight is 375 g/mol. The summed E-state index contributed by atoms with van der Waals surface area (Å²) in [5, 5.41) is 43.0. The molecule has 0 aliphatic heterocycles. The van der Waals surface area contributed by atoms with Crippen LogP contribution >= 0.6 is 0 Å². The summed E-state index contributed by atoms with van der Waals surface area (Å²) in [7, 11) is 0. The molecule has 11 heteroatoms. The summed E-state index contributed by atoms with van der Waals surface area (Å²) < 4.78 is 0. The number of nitro groups is 2. The van der Waals surface area contributed by atoms with Gasteiger partial charge in [0.05, 0.1) is 33.6 Å². The van der Waals surface area contributed by atoms with E-state index in [1.54, 1.807) is 0 Å². The zero-order valence-corrected chi connectivity index (χ0v) is 13.8. The Bertz CT molecular complexity index is 970. The first kappa shape index (κ1) is 19.3. The number of carbonyl (C=O) groups excluding carboxylic acids is 1. The van der Waals surface area contributed by atoms with Crippen molar-refractivity contribution in [1.29, 1.82) is 0 Å². The van der Waals surface area contributed by atoms with Crippen LogP contribution in [0.2, 0.25) is 0 Å². The molecule has 0 atom stereocenters. The Hall–Kier alpha value is -4.02. The van der Waals surface area contributed by atoms with Crippen LogP contribution in [0.1, 0.15) is 21.5 Å². The van der Waals surface area contributed by atoms with Gasteiger partial charge in [-0.3, -0.25) is 29.8 Å². The maximum absolute atomic E-state index is 12.5. The second-order valence-corrected chi connectivity index (χ2v) is 5.53. The van der Waals surface area contributed by atoms with E-state index >= 15 is 0 Å². The lowest BCUT2D eigenvalue weighted by molar-refractivity contribution is -0.394. The van der Waals surface area contributed by atoms with Crippen LogP contribution in [0.4, 0.5) is 17.1 Å². The minimum absolute atomic E-state index is 0.0933. The van der Waals surface area contributed by atoms with Gasteiger partial charge in [0.25, 0.3) is 17.3 Å². The summed E-state index contributed by atoms with van der Waals surface area (Å²) in [6, 6.07) is 5.38. The number of nitrogens with one attached hydrogen (secondary N) is 1. The van der Waals surface area contributed by atoms with Crippen LogP contribution in [-0.4, -0.2) is 31.9 Å². The van der Waals surface area contributed by atoms with Gasteiger partial charge in [-0.1, -0.05) is 6.07 Å². The quantitative estimate of drug-likeness (QED) is 0.392. The maximum atomic E-state index is 12.5. The number of anilines is 1. The summed E-state index contributed by atoms with van der Waals surface area (Å²) in [6.07, 6.45) is -0.357. The monoisotopic (exact) mass is 375 g/mol. The number of nitro benzene ring substituents is 2. The van der Waals surface area contributed by atoms with E-state index in [-0.39, 0.29) is 34.5 Å². The van der Waals surface area contributed by atoms with Crippen molar-refractivity contribution in [3.63, 3.8) is 0 Å². The number of aliphatic carboxylic acids is 1. The molecule has 11 nitrogen and oxygen atoms in total. The van der Waals surface area contributed by atoms with Gasteiger partial charge in [-0.2, -0.15) is 0 Å². The fourth-order valence-electron chi connectivity index (χ4n) is 2.37. The van der Waals surface area contributed by atoms with E-state index in [1.807, 2.05) is 0 Å². The number of hydrogen-bond acceptors (Lipinski definition) is 7. The van der Waals surface area contributed by atoms with Crippen LogP contribution in [-0.2, 0) is 11.2 Å². The third-order valence-corrected chi connectivity index (χ3v) is 3.68. The zero-order valence-electron chi connectivity index (χ0n) is 13.8. The molecule has 0 unspecified atom stereocenters. The van der Waals surface area contributed by atoms with Crippen LogP contribution in [0.25, 0.3) is 0 Å². The van der Waals surface area contributed by atoms with E-state index < -0.39 is 33.1 Å². The normalized spacial score (nSPS) is 10.3. The van der Waals surface area contributed by atoms with Crippen molar-refractivity contribution in [3.05, 3.63) is 67.3 Å². The van der Waals surface area contributed by atoms with Crippen molar-refractivity contribution < 1.29 is 29.6 Å². The Morgan fingerprint density at radius 3 is 2.33 bits per heavy atom. The number of carbonyl (C=O) groups is 2. The van der Waals surface area contributed by atoms with E-state index in [9.17, 15) is 34.9 Å². The van der Waals surface area contributed by atoms with Gasteiger partial charge in [-0.25, -0.2) is 0 Å². The minimum Gasteiger partial charge on any atom is -0.506 e. The first-order valence-corrected chi connectivity index (χ1v) is 7.38. The Morgan fingerprint density at radius 2 is 1.78 bits per heavy atom. The minimum atomic E-state index is -1.12. The first-order chi connectivity index (χ1) is 12.6. The summed E-state index contributed by atoms with van der Waals surface area (Å²) in [6.45, 7) is 1.26. The van der Waals surface area contributed by atoms with Crippen molar-refractivity contribution >= 4 is 28.9 Å². The standard InChI is InChI=1S/C16H13N3O8/c1-8-11(6-10(18(24)25)7-13(8)19(26)27)16(23)17-12-4-9(5-15(21)22)2-3-14(12)20/h2-4,6-7,20H,5H2,1H3,(H,17,23)(H,21,22). The Morgan fingerprint density at radius 1 is 1.11 bits per heavy atom. The number of non-ortho nitro benzene ring substituents is 1. The molecule has 140 valence electrons. The topological polar surface area (TPSA) is 173 Å². The molecule has 0 aromatic heterocycles. The summed E-state index contributed by atoms with van der Waals surface area (Å²) >= 11 is 0. The molecule has 27 heavy (non-hydrogen) atoms. The molecule has 0 saturated heterocycles. The van der Waals surface area contributed by atoms with Gasteiger partial charge in [-0.05, 0) is 24.6 Å². The largest absolute Gasteiger partial charge is 0.506 e. The Balaban J connectivity index is 2.45. The molecule has 0 spiro atoms. The van der Waals surface area contributed by atoms with Crippen molar-refractivity contribution in [2.45, 2.75) is 13.3 Å². The van der Waals surface area contributed by atoms with Crippen LogP contribution in [0.5, 0.6) is 5.75 Å². The number of benzene rings is 2. The van der Waals surface area contributed by atoms with Crippen molar-refractivity contribution in [2.75, 3.05) is 5.32 Å². The Kier molecular flexibility index (Phi) is 5.34. The smallest absolute Gasteiger partial charge is 0.307 e. The number of phenols is 1. The van der Waals surface area contributed by atoms with Crippen molar-refractivity contribution in [1.82, 2.24) is 0 Å². The molecule has 3 N–H and O–H groups in total. The molecule has 0 radical (unpaired) electrons. The van der Waals surface area contributed by atoms with Gasteiger partial charge in [-0.15, -0.1) is 0 Å². The molecule has 0 aliphatic rings. The Labute approximate surface area is 151 Å². The molecule has 0 fully saturated rings. The SMILES string of the molecule is Cc1c(C(=O)Nc2cc(CC(=O)O)ccc2O)cc([N+](=O)[O-])cc1[N+](=O)[O-]. The van der Waals surface area contributed by atoms with E-state index in [1.165, 1.54) is 25.1 Å². The highest BCUT2D eigenvalue weighted by Gasteiger charge is 2.25. The number of nitrogens with zero attached hydrogens (tertiary/aromatic N) is 2. The molecule has 0 heterocycles. The van der Waals surface area contributed by atoms with Gasteiger partial charge >= 0.3 is 5.97 Å². The number of amides is 1. The second-order valence-electron chi connectivity index (χ2n) is 5.53. The number of phenolic OH excluding ortho intramolecular Hbond substituents is 1. The molecule has 1 amide bonds. The maximum Gasteiger partial charge on any atom is 0.307 e. The average Bonchev–Trinajstić information content (AvgIpc) is 2.56. The summed E-state index contributed by atoms with van der Waals surface area (Å²) in [5.74, 6) is -2.42. The van der Waals surface area contributed by atoms with E-state index in [2.05, 4.69) is 5.32 Å². The number of aromatic hydroxyl groups is 1. The highest BCUT2D eigenvalue weighted by molar-refractivity contribution is 6.07. The lowest BCUT2D eigenvalue weighted by Crippen LogP contribution is -2.15. The van der Waals surface area contributed by atoms with Crippen LogP contribution in [0, 0.1) is 27.2 Å². The van der Waals surface area contributed by atoms with Gasteiger partial charge < -0.3 is 15.5 Å². The molecule has 2 aromatic rings. The first-order valence-electron chi connectivity index (χ1n) is 7.38. The lowest BCUT2D eigenvalue weighted by Gasteiger charge is -2.11. The third kappa shape index (κ3) is 4.34. The predicted octanol–water partition coefficient (Wildman–Crippen LogP) is 2.40. The molecule has 0 aliphatic carbocycles. The molecular formula is C16H13N3O8. The molecule has 2 rings (SSSR count). The highest BCUT2D eigenvalue weighted by atomic mass is 16.6. The van der Waals surface area contributed by atoms with Gasteiger partial charge in [0, 0.05) is 11.6 Å². The van der Waals surface area contributed by atoms with Crippen molar-refractivity contribution in [2.24, 2.45) is 0 Å². The number of rotatable bonds is 6. The number of carboxylic acids is 1. The summed E-state index contributed by atoms with van der Waals surface area (Å²) in [5.41, 5.74) is -1.49. The van der Waals surface area contributed by atoms with Crippen molar-refractivity contribution in [3.8, 4) is 5.75 Å².